The normalized spacial score (nSPS) is 40.4. The lowest BCUT2D eigenvalue weighted by atomic mass is 10.1. The van der Waals surface area contributed by atoms with Gasteiger partial charge in [-0.2, -0.15) is 0 Å². The summed E-state index contributed by atoms with van der Waals surface area (Å²) >= 11 is 11.7. The number of halogens is 2. The third-order valence-electron chi connectivity index (χ3n) is 3.08. The molecule has 4 nitrogen and oxygen atoms in total. The van der Waals surface area contributed by atoms with Gasteiger partial charge in [-0.15, -0.1) is 23.2 Å². The first-order chi connectivity index (χ1) is 7.26. The minimum absolute atomic E-state index is 0.214. The summed E-state index contributed by atoms with van der Waals surface area (Å²) in [6, 6.07) is 0. The molecule has 0 radical (unpaired) electrons. The van der Waals surface area contributed by atoms with Crippen LogP contribution >= 0.6 is 23.2 Å². The van der Waals surface area contributed by atoms with Crippen LogP contribution in [0.25, 0.3) is 0 Å². The monoisotopic (exact) mass is 266 g/mol. The summed E-state index contributed by atoms with van der Waals surface area (Å²) < 4.78 is 8.88. The van der Waals surface area contributed by atoms with Crippen molar-refractivity contribution in [3.8, 4) is 0 Å². The Morgan fingerprint density at radius 3 is 2.50 bits per heavy atom. The highest BCUT2D eigenvalue weighted by atomic mass is 35.5. The van der Waals surface area contributed by atoms with Gasteiger partial charge in [0.1, 0.15) is 15.9 Å². The van der Waals surface area contributed by atoms with Crippen LogP contribution in [0.4, 0.5) is 0 Å². The summed E-state index contributed by atoms with van der Waals surface area (Å²) in [5.74, 6) is -1.03. The first-order valence-corrected chi connectivity index (χ1v) is 5.81. The van der Waals surface area contributed by atoms with Crippen LogP contribution in [0.3, 0.4) is 0 Å². The van der Waals surface area contributed by atoms with Crippen molar-refractivity contribution in [3.63, 3.8) is 0 Å². The van der Waals surface area contributed by atoms with Gasteiger partial charge in [-0.3, -0.25) is 4.79 Å². The van der Waals surface area contributed by atoms with Crippen molar-refractivity contribution >= 4 is 35.1 Å². The summed E-state index contributed by atoms with van der Waals surface area (Å²) in [5.41, 5.74) is -0.901. The Hall–Kier alpha value is -0.480. The average Bonchev–Trinajstić information content (AvgIpc) is 2.48. The molecule has 2 fully saturated rings. The van der Waals surface area contributed by atoms with Crippen LogP contribution in [0.2, 0.25) is 0 Å². The highest BCUT2D eigenvalue weighted by molar-refractivity contribution is 6.53. The maximum Gasteiger partial charge on any atom is 0.347 e. The van der Waals surface area contributed by atoms with Crippen molar-refractivity contribution in [2.75, 3.05) is 0 Å². The molecule has 6 heteroatoms. The first kappa shape index (κ1) is 12.0. The molecule has 3 unspecified atom stereocenters. The third-order valence-corrected chi connectivity index (χ3v) is 4.19. The molecule has 0 aromatic rings. The van der Waals surface area contributed by atoms with E-state index < -0.39 is 27.8 Å². The molecule has 1 saturated carbocycles. The van der Waals surface area contributed by atoms with E-state index >= 15 is 0 Å². The lowest BCUT2D eigenvalue weighted by Crippen LogP contribution is -2.29. The summed E-state index contributed by atoms with van der Waals surface area (Å²) in [4.78, 5) is 23.0. The fraction of sp³-hybridized carbons (Fsp3) is 0.800. The topological polar surface area (TPSA) is 52.6 Å². The van der Waals surface area contributed by atoms with Gasteiger partial charge in [-0.05, 0) is 13.8 Å². The van der Waals surface area contributed by atoms with Gasteiger partial charge in [-0.1, -0.05) is 0 Å². The maximum atomic E-state index is 11.8. The van der Waals surface area contributed by atoms with Gasteiger partial charge in [0.25, 0.3) is 0 Å². The third kappa shape index (κ3) is 1.78. The standard InChI is InChI=1S/C10H12Cl2O4/c1-5-3-6(7(13)15-5)16-8(14)9(2)4-10(9,11)12/h5-6H,3-4H2,1-2H3. The van der Waals surface area contributed by atoms with Gasteiger partial charge in [0.05, 0.1) is 0 Å². The molecule has 2 aliphatic rings. The molecule has 1 aliphatic heterocycles. The maximum absolute atomic E-state index is 11.8. The fourth-order valence-electron chi connectivity index (χ4n) is 1.70. The zero-order chi connectivity index (χ0) is 12.1. The number of ether oxygens (including phenoxy) is 2. The molecule has 2 rings (SSSR count). The van der Waals surface area contributed by atoms with Crippen molar-refractivity contribution in [1.82, 2.24) is 0 Å². The molecule has 1 aliphatic carbocycles. The first-order valence-electron chi connectivity index (χ1n) is 5.06. The summed E-state index contributed by atoms with van der Waals surface area (Å²) in [6.45, 7) is 3.37. The van der Waals surface area contributed by atoms with E-state index in [1.54, 1.807) is 13.8 Å². The van der Waals surface area contributed by atoms with Crippen molar-refractivity contribution in [3.05, 3.63) is 0 Å². The Morgan fingerprint density at radius 2 is 2.12 bits per heavy atom. The molecule has 3 atom stereocenters. The van der Waals surface area contributed by atoms with Crippen LogP contribution < -0.4 is 0 Å². The highest BCUT2D eigenvalue weighted by Crippen LogP contribution is 2.64. The second-order valence-corrected chi connectivity index (χ2v) is 6.07. The number of esters is 2. The van der Waals surface area contributed by atoms with Crippen molar-refractivity contribution in [2.24, 2.45) is 5.41 Å². The van der Waals surface area contributed by atoms with E-state index in [4.69, 9.17) is 32.7 Å². The molecule has 1 heterocycles. The van der Waals surface area contributed by atoms with E-state index in [0.717, 1.165) is 0 Å². The van der Waals surface area contributed by atoms with E-state index in [9.17, 15) is 9.59 Å². The van der Waals surface area contributed by atoms with Crippen LogP contribution in [-0.2, 0) is 19.1 Å². The number of cyclic esters (lactones) is 1. The molecule has 0 amide bonds. The second-order valence-electron chi connectivity index (χ2n) is 4.59. The van der Waals surface area contributed by atoms with Gasteiger partial charge >= 0.3 is 11.9 Å². The van der Waals surface area contributed by atoms with Crippen LogP contribution in [0.5, 0.6) is 0 Å². The smallest absolute Gasteiger partial charge is 0.347 e. The van der Waals surface area contributed by atoms with E-state index in [1.165, 1.54) is 0 Å². The fourth-order valence-corrected chi connectivity index (χ4v) is 2.39. The Balaban J connectivity index is 1.97. The Labute approximate surface area is 103 Å². The van der Waals surface area contributed by atoms with Crippen molar-refractivity contribution in [2.45, 2.75) is 43.2 Å². The molecule has 0 bridgehead atoms. The SMILES string of the molecule is CC1CC(OC(=O)C2(C)CC2(Cl)Cl)C(=O)O1. The van der Waals surface area contributed by atoms with Gasteiger partial charge in [0, 0.05) is 12.8 Å². The lowest BCUT2D eigenvalue weighted by Gasteiger charge is -2.14. The zero-order valence-corrected chi connectivity index (χ0v) is 10.5. The molecule has 0 N–H and O–H groups in total. The number of alkyl halides is 2. The molecule has 16 heavy (non-hydrogen) atoms. The van der Waals surface area contributed by atoms with Gasteiger partial charge in [-0.25, -0.2) is 4.79 Å². The number of rotatable bonds is 2. The average molecular weight is 267 g/mol. The Bertz CT molecular complexity index is 355. The molecule has 0 aromatic carbocycles. The zero-order valence-electron chi connectivity index (χ0n) is 8.96. The predicted octanol–water partition coefficient (Wildman–Crippen LogP) is 1.82. The number of carbonyl (C=O) groups is 2. The second kappa shape index (κ2) is 3.50. The highest BCUT2D eigenvalue weighted by Gasteiger charge is 2.69. The summed E-state index contributed by atoms with van der Waals surface area (Å²) in [7, 11) is 0. The van der Waals surface area contributed by atoms with Crippen molar-refractivity contribution in [1.29, 1.82) is 0 Å². The Morgan fingerprint density at radius 1 is 1.56 bits per heavy atom. The molecule has 90 valence electrons. The van der Waals surface area contributed by atoms with E-state index in [2.05, 4.69) is 0 Å². The lowest BCUT2D eigenvalue weighted by molar-refractivity contribution is -0.164. The molecule has 0 spiro atoms. The van der Waals surface area contributed by atoms with E-state index in [-0.39, 0.29) is 6.10 Å². The molecule has 1 saturated heterocycles. The number of hydrogen-bond donors (Lipinski definition) is 0. The number of carbonyl (C=O) groups excluding carboxylic acids is 2. The van der Waals surface area contributed by atoms with Crippen LogP contribution in [0.15, 0.2) is 0 Å². The van der Waals surface area contributed by atoms with E-state index in [0.29, 0.717) is 12.8 Å². The summed E-state index contributed by atoms with van der Waals surface area (Å²) in [6.07, 6.45) is -0.296. The summed E-state index contributed by atoms with van der Waals surface area (Å²) in [5, 5.41) is 0. The van der Waals surface area contributed by atoms with Gasteiger partial charge < -0.3 is 9.47 Å². The molecular formula is C10H12Cl2O4. The minimum atomic E-state index is -1.07. The largest absolute Gasteiger partial charge is 0.460 e. The van der Waals surface area contributed by atoms with Gasteiger partial charge in [0.15, 0.2) is 0 Å². The predicted molar refractivity (Wildman–Crippen MR) is 57.2 cm³/mol. The van der Waals surface area contributed by atoms with Crippen LogP contribution in [0.1, 0.15) is 26.7 Å². The van der Waals surface area contributed by atoms with Crippen LogP contribution in [0, 0.1) is 5.41 Å². The Kier molecular flexibility index (Phi) is 2.63. The van der Waals surface area contributed by atoms with Crippen molar-refractivity contribution < 1.29 is 19.1 Å². The van der Waals surface area contributed by atoms with Gasteiger partial charge in [0.2, 0.25) is 6.10 Å². The molecular weight excluding hydrogens is 255 g/mol. The number of hydrogen-bond acceptors (Lipinski definition) is 4. The molecule has 0 aromatic heterocycles. The minimum Gasteiger partial charge on any atom is -0.460 e. The van der Waals surface area contributed by atoms with E-state index in [1.807, 2.05) is 0 Å². The quantitative estimate of drug-likeness (QED) is 0.565. The van der Waals surface area contributed by atoms with Crippen LogP contribution in [-0.4, -0.2) is 28.5 Å².